The molecule has 4 heteroatoms. The zero-order valence-corrected chi connectivity index (χ0v) is 13.3. The molecule has 3 rings (SSSR count). The Kier molecular flexibility index (Phi) is 5.08. The molecule has 2 aliphatic carbocycles. The minimum atomic E-state index is 0.462. The van der Waals surface area contributed by atoms with Crippen molar-refractivity contribution in [3.8, 4) is 0 Å². The van der Waals surface area contributed by atoms with Crippen LogP contribution >= 0.6 is 11.3 Å². The van der Waals surface area contributed by atoms with E-state index in [0.29, 0.717) is 12.7 Å². The van der Waals surface area contributed by atoms with E-state index in [0.717, 1.165) is 24.2 Å². The van der Waals surface area contributed by atoms with Gasteiger partial charge in [0.15, 0.2) is 0 Å². The van der Waals surface area contributed by atoms with Crippen molar-refractivity contribution in [2.45, 2.75) is 77.2 Å². The van der Waals surface area contributed by atoms with E-state index >= 15 is 0 Å². The van der Waals surface area contributed by atoms with Gasteiger partial charge in [-0.05, 0) is 31.6 Å². The molecule has 2 unspecified atom stereocenters. The summed E-state index contributed by atoms with van der Waals surface area (Å²) < 4.78 is 6.15. The topological polar surface area (TPSA) is 34.1 Å². The van der Waals surface area contributed by atoms with Crippen molar-refractivity contribution in [1.82, 2.24) is 10.3 Å². The van der Waals surface area contributed by atoms with Crippen LogP contribution in [0.2, 0.25) is 0 Å². The standard InChI is InChI=1S/C16H26N2OS/c1-2-12-5-3-4-6-15(12)19-10-14-11-20-16(18-14)9-17-13-7-8-13/h11-13,15,17H,2-10H2,1H3. The normalized spacial score (nSPS) is 26.9. The van der Waals surface area contributed by atoms with Crippen LogP contribution in [-0.4, -0.2) is 17.1 Å². The molecule has 1 heterocycles. The number of nitrogens with zero attached hydrogens (tertiary/aromatic N) is 1. The SMILES string of the molecule is CCC1CCCCC1OCc1csc(CNC2CC2)n1. The van der Waals surface area contributed by atoms with Crippen molar-refractivity contribution in [3.05, 3.63) is 16.1 Å². The summed E-state index contributed by atoms with van der Waals surface area (Å²) >= 11 is 1.76. The second-order valence-electron chi connectivity index (χ2n) is 6.19. The fourth-order valence-corrected chi connectivity index (χ4v) is 3.80. The third kappa shape index (κ3) is 4.03. The van der Waals surface area contributed by atoms with Crippen molar-refractivity contribution in [1.29, 1.82) is 0 Å². The highest BCUT2D eigenvalue weighted by Crippen LogP contribution is 2.29. The Labute approximate surface area is 126 Å². The Morgan fingerprint density at radius 2 is 2.15 bits per heavy atom. The predicted octanol–water partition coefficient (Wildman–Crippen LogP) is 3.88. The molecule has 0 aliphatic heterocycles. The number of ether oxygens (including phenoxy) is 1. The second kappa shape index (κ2) is 7.01. The highest BCUT2D eigenvalue weighted by atomic mass is 32.1. The lowest BCUT2D eigenvalue weighted by atomic mass is 9.85. The van der Waals surface area contributed by atoms with Gasteiger partial charge in [0.05, 0.1) is 18.4 Å². The van der Waals surface area contributed by atoms with Gasteiger partial charge in [-0.1, -0.05) is 26.2 Å². The Bertz CT molecular complexity index is 416. The van der Waals surface area contributed by atoms with Gasteiger partial charge in [0, 0.05) is 18.0 Å². The monoisotopic (exact) mass is 294 g/mol. The average molecular weight is 294 g/mol. The number of aromatic nitrogens is 1. The molecule has 1 N–H and O–H groups in total. The summed E-state index contributed by atoms with van der Waals surface area (Å²) in [6.45, 7) is 3.91. The molecule has 2 atom stereocenters. The lowest BCUT2D eigenvalue weighted by Crippen LogP contribution is -2.27. The highest BCUT2D eigenvalue weighted by molar-refractivity contribution is 7.09. The van der Waals surface area contributed by atoms with E-state index in [9.17, 15) is 0 Å². The minimum absolute atomic E-state index is 0.462. The number of thiazole rings is 1. The summed E-state index contributed by atoms with van der Waals surface area (Å²) in [5.41, 5.74) is 1.11. The van der Waals surface area contributed by atoms with Crippen LogP contribution in [0.4, 0.5) is 0 Å². The van der Waals surface area contributed by atoms with Gasteiger partial charge in [0.25, 0.3) is 0 Å². The molecule has 2 saturated carbocycles. The quantitative estimate of drug-likeness (QED) is 0.828. The Balaban J connectivity index is 1.44. The molecular weight excluding hydrogens is 268 g/mol. The van der Waals surface area contributed by atoms with Crippen molar-refractivity contribution in [2.24, 2.45) is 5.92 Å². The summed E-state index contributed by atoms with van der Waals surface area (Å²) in [5.74, 6) is 0.762. The molecule has 2 fully saturated rings. The van der Waals surface area contributed by atoms with Crippen LogP contribution in [0.15, 0.2) is 5.38 Å². The highest BCUT2D eigenvalue weighted by Gasteiger charge is 2.24. The fourth-order valence-electron chi connectivity index (χ4n) is 3.07. The van der Waals surface area contributed by atoms with E-state index in [1.807, 2.05) is 0 Å². The zero-order chi connectivity index (χ0) is 13.8. The molecule has 1 aromatic rings. The van der Waals surface area contributed by atoms with Crippen molar-refractivity contribution in [3.63, 3.8) is 0 Å². The number of hydrogen-bond donors (Lipinski definition) is 1. The summed E-state index contributed by atoms with van der Waals surface area (Å²) in [7, 11) is 0. The smallest absolute Gasteiger partial charge is 0.107 e. The molecule has 0 amide bonds. The molecule has 3 nitrogen and oxygen atoms in total. The maximum absolute atomic E-state index is 6.15. The van der Waals surface area contributed by atoms with E-state index in [1.54, 1.807) is 11.3 Å². The molecule has 0 spiro atoms. The lowest BCUT2D eigenvalue weighted by Gasteiger charge is -2.30. The van der Waals surface area contributed by atoms with E-state index in [2.05, 4.69) is 22.6 Å². The summed E-state index contributed by atoms with van der Waals surface area (Å²) in [4.78, 5) is 4.68. The van der Waals surface area contributed by atoms with Gasteiger partial charge in [-0.2, -0.15) is 0 Å². The van der Waals surface area contributed by atoms with Crippen LogP contribution < -0.4 is 5.32 Å². The van der Waals surface area contributed by atoms with Gasteiger partial charge in [-0.3, -0.25) is 0 Å². The molecule has 20 heavy (non-hydrogen) atoms. The maximum Gasteiger partial charge on any atom is 0.107 e. The molecular formula is C16H26N2OS. The van der Waals surface area contributed by atoms with Crippen LogP contribution in [0.5, 0.6) is 0 Å². The van der Waals surface area contributed by atoms with E-state index in [1.165, 1.54) is 50.0 Å². The average Bonchev–Trinajstić information content (AvgIpc) is 3.21. The molecule has 0 bridgehead atoms. The third-order valence-corrected chi connectivity index (χ3v) is 5.43. The van der Waals surface area contributed by atoms with Gasteiger partial charge in [0.1, 0.15) is 5.01 Å². The number of nitrogens with one attached hydrogen (secondary N) is 1. The molecule has 1 aromatic heterocycles. The Hall–Kier alpha value is -0.450. The summed E-state index contributed by atoms with van der Waals surface area (Å²) in [6.07, 6.45) is 9.67. The fraction of sp³-hybridized carbons (Fsp3) is 0.812. The number of hydrogen-bond acceptors (Lipinski definition) is 4. The van der Waals surface area contributed by atoms with E-state index in [4.69, 9.17) is 4.74 Å². The maximum atomic E-state index is 6.15. The second-order valence-corrected chi connectivity index (χ2v) is 7.13. The summed E-state index contributed by atoms with van der Waals surface area (Å²) in [5, 5.41) is 6.88. The van der Waals surface area contributed by atoms with Crippen molar-refractivity contribution in [2.75, 3.05) is 0 Å². The van der Waals surface area contributed by atoms with Gasteiger partial charge in [0.2, 0.25) is 0 Å². The van der Waals surface area contributed by atoms with Crippen LogP contribution in [0.3, 0.4) is 0 Å². The Morgan fingerprint density at radius 1 is 1.30 bits per heavy atom. The zero-order valence-electron chi connectivity index (χ0n) is 12.4. The Morgan fingerprint density at radius 3 is 2.95 bits per heavy atom. The predicted molar refractivity (Wildman–Crippen MR) is 82.8 cm³/mol. The van der Waals surface area contributed by atoms with Gasteiger partial charge >= 0.3 is 0 Å². The largest absolute Gasteiger partial charge is 0.372 e. The van der Waals surface area contributed by atoms with Crippen LogP contribution in [0.25, 0.3) is 0 Å². The van der Waals surface area contributed by atoms with E-state index in [-0.39, 0.29) is 0 Å². The molecule has 0 aromatic carbocycles. The molecule has 112 valence electrons. The first-order chi connectivity index (χ1) is 9.85. The summed E-state index contributed by atoms with van der Waals surface area (Å²) in [6, 6.07) is 0.756. The van der Waals surface area contributed by atoms with Gasteiger partial charge in [-0.15, -0.1) is 11.3 Å². The molecule has 0 saturated heterocycles. The van der Waals surface area contributed by atoms with Crippen molar-refractivity contribution >= 4 is 11.3 Å². The van der Waals surface area contributed by atoms with Gasteiger partial charge < -0.3 is 10.1 Å². The first-order valence-corrected chi connectivity index (χ1v) is 9.01. The third-order valence-electron chi connectivity index (χ3n) is 4.53. The first-order valence-electron chi connectivity index (χ1n) is 8.13. The lowest BCUT2D eigenvalue weighted by molar-refractivity contribution is -0.0233. The van der Waals surface area contributed by atoms with Crippen LogP contribution in [-0.2, 0) is 17.9 Å². The molecule has 2 aliphatic rings. The first kappa shape index (κ1) is 14.5. The minimum Gasteiger partial charge on any atom is -0.372 e. The van der Waals surface area contributed by atoms with Gasteiger partial charge in [-0.25, -0.2) is 4.98 Å². The van der Waals surface area contributed by atoms with Crippen LogP contribution in [0, 0.1) is 5.92 Å². The van der Waals surface area contributed by atoms with E-state index < -0.39 is 0 Å². The van der Waals surface area contributed by atoms with Crippen molar-refractivity contribution < 1.29 is 4.74 Å². The molecule has 0 radical (unpaired) electrons. The van der Waals surface area contributed by atoms with Crippen LogP contribution in [0.1, 0.15) is 62.6 Å². The number of rotatable bonds is 7.